The van der Waals surface area contributed by atoms with E-state index in [1.165, 1.54) is 6.07 Å². The summed E-state index contributed by atoms with van der Waals surface area (Å²) in [5.74, 6) is -0.488. The molecule has 19 heavy (non-hydrogen) atoms. The minimum Gasteiger partial charge on any atom is -0.372 e. The number of unbranched alkanes of at least 4 members (excludes halogenated alkanes) is 2. The zero-order valence-electron chi connectivity index (χ0n) is 11.3. The monoisotopic (exact) mass is 330 g/mol. The maximum absolute atomic E-state index is 13.6. The summed E-state index contributed by atoms with van der Waals surface area (Å²) >= 11 is 3.19. The van der Waals surface area contributed by atoms with Crippen molar-refractivity contribution in [2.45, 2.75) is 39.2 Å². The Morgan fingerprint density at radius 1 is 1.42 bits per heavy atom. The molecule has 5 heteroatoms. The van der Waals surface area contributed by atoms with Crippen molar-refractivity contribution in [2.75, 3.05) is 11.9 Å². The summed E-state index contributed by atoms with van der Waals surface area (Å²) in [4.78, 5) is 11.8. The second kappa shape index (κ2) is 8.15. The van der Waals surface area contributed by atoms with E-state index in [2.05, 4.69) is 33.5 Å². The minimum atomic E-state index is -0.461. The standard InChI is InChI=1S/C14H20BrFN2O/c1-3-4-5-8-17-14(19)10(2)18-13-7-6-11(15)9-12(13)16/h6-7,9-10,18H,3-5,8H2,1-2H3,(H,17,19). The van der Waals surface area contributed by atoms with Crippen LogP contribution in [0.15, 0.2) is 22.7 Å². The van der Waals surface area contributed by atoms with Gasteiger partial charge in [-0.05, 0) is 31.5 Å². The van der Waals surface area contributed by atoms with Gasteiger partial charge >= 0.3 is 0 Å². The van der Waals surface area contributed by atoms with E-state index in [9.17, 15) is 9.18 Å². The molecule has 1 unspecified atom stereocenters. The van der Waals surface area contributed by atoms with Crippen LogP contribution < -0.4 is 10.6 Å². The Bertz CT molecular complexity index is 426. The second-order valence-corrected chi connectivity index (χ2v) is 5.40. The fourth-order valence-electron chi connectivity index (χ4n) is 1.65. The molecular weight excluding hydrogens is 311 g/mol. The molecule has 0 aliphatic carbocycles. The average molecular weight is 331 g/mol. The molecule has 0 saturated carbocycles. The summed E-state index contributed by atoms with van der Waals surface area (Å²) in [5, 5.41) is 5.71. The molecule has 2 N–H and O–H groups in total. The maximum atomic E-state index is 13.6. The van der Waals surface area contributed by atoms with E-state index in [0.717, 1.165) is 19.3 Å². The third kappa shape index (κ3) is 5.59. The number of rotatable bonds is 7. The Labute approximate surface area is 122 Å². The molecule has 1 rings (SSSR count). The van der Waals surface area contributed by atoms with Crippen molar-refractivity contribution in [2.24, 2.45) is 0 Å². The lowest BCUT2D eigenvalue weighted by Gasteiger charge is -2.15. The molecule has 0 aliphatic heterocycles. The second-order valence-electron chi connectivity index (χ2n) is 4.49. The van der Waals surface area contributed by atoms with Crippen LogP contribution in [0.4, 0.5) is 10.1 Å². The van der Waals surface area contributed by atoms with Crippen LogP contribution in [0, 0.1) is 5.82 Å². The van der Waals surface area contributed by atoms with Gasteiger partial charge in [-0.25, -0.2) is 4.39 Å². The number of carbonyl (C=O) groups is 1. The van der Waals surface area contributed by atoms with Crippen molar-refractivity contribution in [1.82, 2.24) is 5.32 Å². The first-order valence-electron chi connectivity index (χ1n) is 6.54. The first-order chi connectivity index (χ1) is 9.04. The predicted octanol–water partition coefficient (Wildman–Crippen LogP) is 3.70. The van der Waals surface area contributed by atoms with Gasteiger partial charge in [0, 0.05) is 11.0 Å². The summed E-state index contributed by atoms with van der Waals surface area (Å²) < 4.78 is 14.3. The summed E-state index contributed by atoms with van der Waals surface area (Å²) in [6.07, 6.45) is 3.19. The van der Waals surface area contributed by atoms with Gasteiger partial charge < -0.3 is 10.6 Å². The van der Waals surface area contributed by atoms with Crippen LogP contribution >= 0.6 is 15.9 Å². The van der Waals surface area contributed by atoms with Gasteiger partial charge in [0.25, 0.3) is 0 Å². The maximum Gasteiger partial charge on any atom is 0.242 e. The fourth-order valence-corrected chi connectivity index (χ4v) is 1.98. The number of benzene rings is 1. The van der Waals surface area contributed by atoms with E-state index in [4.69, 9.17) is 0 Å². The number of hydrogen-bond donors (Lipinski definition) is 2. The SMILES string of the molecule is CCCCCNC(=O)C(C)Nc1ccc(Br)cc1F. The van der Waals surface area contributed by atoms with Crippen LogP contribution in [0.5, 0.6) is 0 Å². The molecule has 0 aromatic heterocycles. The highest BCUT2D eigenvalue weighted by atomic mass is 79.9. The third-order valence-electron chi connectivity index (χ3n) is 2.78. The van der Waals surface area contributed by atoms with E-state index in [0.29, 0.717) is 16.7 Å². The topological polar surface area (TPSA) is 41.1 Å². The van der Waals surface area contributed by atoms with Gasteiger partial charge in [0.2, 0.25) is 5.91 Å². The number of hydrogen-bond acceptors (Lipinski definition) is 2. The van der Waals surface area contributed by atoms with E-state index in [1.807, 2.05) is 0 Å². The van der Waals surface area contributed by atoms with Crippen molar-refractivity contribution < 1.29 is 9.18 Å². The Balaban J connectivity index is 2.45. The zero-order valence-corrected chi connectivity index (χ0v) is 12.9. The normalized spacial score (nSPS) is 12.0. The molecule has 0 spiro atoms. The Kier molecular flexibility index (Phi) is 6.84. The number of carbonyl (C=O) groups excluding carboxylic acids is 1. The van der Waals surface area contributed by atoms with E-state index in [1.54, 1.807) is 19.1 Å². The lowest BCUT2D eigenvalue weighted by molar-refractivity contribution is -0.121. The Hall–Kier alpha value is -1.10. The van der Waals surface area contributed by atoms with E-state index >= 15 is 0 Å². The fraction of sp³-hybridized carbons (Fsp3) is 0.500. The lowest BCUT2D eigenvalue weighted by atomic mass is 10.2. The van der Waals surface area contributed by atoms with Crippen LogP contribution in [0.25, 0.3) is 0 Å². The van der Waals surface area contributed by atoms with Gasteiger partial charge in [-0.1, -0.05) is 35.7 Å². The number of anilines is 1. The smallest absolute Gasteiger partial charge is 0.242 e. The van der Waals surface area contributed by atoms with Gasteiger partial charge in [0.15, 0.2) is 0 Å². The molecule has 0 saturated heterocycles. The molecule has 0 fully saturated rings. The van der Waals surface area contributed by atoms with Gasteiger partial charge in [-0.2, -0.15) is 0 Å². The van der Waals surface area contributed by atoms with Crippen LogP contribution in [0.2, 0.25) is 0 Å². The molecule has 3 nitrogen and oxygen atoms in total. The van der Waals surface area contributed by atoms with Crippen LogP contribution in [-0.2, 0) is 4.79 Å². The van der Waals surface area contributed by atoms with Crippen molar-refractivity contribution >= 4 is 27.5 Å². The molecule has 1 aromatic carbocycles. The van der Waals surface area contributed by atoms with Crippen LogP contribution in [-0.4, -0.2) is 18.5 Å². The van der Waals surface area contributed by atoms with Crippen molar-refractivity contribution in [1.29, 1.82) is 0 Å². The summed E-state index contributed by atoms with van der Waals surface area (Å²) in [6, 6.07) is 4.25. The molecule has 0 aliphatic rings. The first kappa shape index (κ1) is 16.0. The first-order valence-corrected chi connectivity index (χ1v) is 7.33. The zero-order chi connectivity index (χ0) is 14.3. The molecule has 1 atom stereocenters. The summed E-state index contributed by atoms with van der Waals surface area (Å²) in [6.45, 7) is 4.50. The molecule has 0 radical (unpaired) electrons. The molecule has 1 aromatic rings. The molecular formula is C14H20BrFN2O. The van der Waals surface area contributed by atoms with E-state index < -0.39 is 6.04 Å². The Morgan fingerprint density at radius 2 is 2.16 bits per heavy atom. The number of amides is 1. The largest absolute Gasteiger partial charge is 0.372 e. The third-order valence-corrected chi connectivity index (χ3v) is 3.27. The highest BCUT2D eigenvalue weighted by Crippen LogP contribution is 2.19. The average Bonchev–Trinajstić information content (AvgIpc) is 2.37. The molecule has 0 heterocycles. The molecule has 1 amide bonds. The highest BCUT2D eigenvalue weighted by molar-refractivity contribution is 9.10. The quantitative estimate of drug-likeness (QED) is 0.748. The number of nitrogens with one attached hydrogen (secondary N) is 2. The lowest BCUT2D eigenvalue weighted by Crippen LogP contribution is -2.38. The summed E-state index contributed by atoms with van der Waals surface area (Å²) in [7, 11) is 0. The van der Waals surface area contributed by atoms with E-state index in [-0.39, 0.29) is 11.7 Å². The van der Waals surface area contributed by atoms with Crippen LogP contribution in [0.1, 0.15) is 33.1 Å². The predicted molar refractivity (Wildman–Crippen MR) is 79.7 cm³/mol. The van der Waals surface area contributed by atoms with Gasteiger partial charge in [0.1, 0.15) is 11.9 Å². The van der Waals surface area contributed by atoms with Crippen molar-refractivity contribution in [3.63, 3.8) is 0 Å². The van der Waals surface area contributed by atoms with Gasteiger partial charge in [-0.3, -0.25) is 4.79 Å². The minimum absolute atomic E-state index is 0.113. The highest BCUT2D eigenvalue weighted by Gasteiger charge is 2.13. The molecule has 106 valence electrons. The van der Waals surface area contributed by atoms with Gasteiger partial charge in [0.05, 0.1) is 5.69 Å². The number of halogens is 2. The van der Waals surface area contributed by atoms with Gasteiger partial charge in [-0.15, -0.1) is 0 Å². The van der Waals surface area contributed by atoms with Crippen molar-refractivity contribution in [3.05, 3.63) is 28.5 Å². The van der Waals surface area contributed by atoms with Crippen molar-refractivity contribution in [3.8, 4) is 0 Å². The Morgan fingerprint density at radius 3 is 2.79 bits per heavy atom. The molecule has 0 bridgehead atoms. The summed E-state index contributed by atoms with van der Waals surface area (Å²) in [5.41, 5.74) is 0.333. The van der Waals surface area contributed by atoms with Crippen LogP contribution in [0.3, 0.4) is 0 Å².